The Balaban J connectivity index is 3.99. The second-order valence-electron chi connectivity index (χ2n) is 2.56. The van der Waals surface area contributed by atoms with Crippen molar-refractivity contribution in [2.75, 3.05) is 0 Å². The summed E-state index contributed by atoms with van der Waals surface area (Å²) in [6, 6.07) is 0. The molecule has 0 aliphatic rings. The van der Waals surface area contributed by atoms with Crippen LogP contribution < -0.4 is 0 Å². The molecule has 0 rings (SSSR count). The normalized spacial score (nSPS) is 11.2. The average molecular weight is 197 g/mol. The highest BCUT2D eigenvalue weighted by Crippen LogP contribution is 2.31. The predicted octanol–water partition coefficient (Wildman–Crippen LogP) is 2.60. The number of allylic oxidation sites excluding steroid dienone is 1. The number of alkyl halides is 2. The molecule has 0 amide bonds. The van der Waals surface area contributed by atoms with Crippen LogP contribution in [0.2, 0.25) is 0 Å². The first-order chi connectivity index (χ1) is 4.83. The van der Waals surface area contributed by atoms with E-state index in [1.54, 1.807) is 6.92 Å². The third-order valence-electron chi connectivity index (χ3n) is 0.970. The van der Waals surface area contributed by atoms with E-state index < -0.39 is 10.3 Å². The number of carbonyl (C=O) groups is 1. The quantitative estimate of drug-likeness (QED) is 0.555. The largest absolute Gasteiger partial charge is 0.481 e. The van der Waals surface area contributed by atoms with E-state index in [-0.39, 0.29) is 6.42 Å². The highest BCUT2D eigenvalue weighted by Gasteiger charge is 2.27. The van der Waals surface area contributed by atoms with Crippen LogP contribution in [0.5, 0.6) is 0 Å². The molecular formula is C7H10Cl2O2. The summed E-state index contributed by atoms with van der Waals surface area (Å²) < 4.78 is -1.21. The van der Waals surface area contributed by atoms with E-state index in [0.29, 0.717) is 6.42 Å². The van der Waals surface area contributed by atoms with Crippen LogP contribution in [0.15, 0.2) is 12.2 Å². The summed E-state index contributed by atoms with van der Waals surface area (Å²) in [6.45, 7) is 5.34. The molecule has 0 aromatic heterocycles. The summed E-state index contributed by atoms with van der Waals surface area (Å²) in [7, 11) is 0. The van der Waals surface area contributed by atoms with Gasteiger partial charge in [0.05, 0.1) is 6.42 Å². The van der Waals surface area contributed by atoms with Gasteiger partial charge in [0.25, 0.3) is 0 Å². The fourth-order valence-corrected chi connectivity index (χ4v) is 1.41. The molecule has 0 atom stereocenters. The van der Waals surface area contributed by atoms with Crippen LogP contribution in [-0.2, 0) is 4.79 Å². The lowest BCUT2D eigenvalue weighted by Crippen LogP contribution is -2.18. The number of rotatable bonds is 4. The molecule has 64 valence electrons. The maximum absolute atomic E-state index is 10.2. The van der Waals surface area contributed by atoms with E-state index in [1.807, 2.05) is 0 Å². The fraction of sp³-hybridized carbons (Fsp3) is 0.571. The standard InChI is InChI=1S/C7H10Cl2O2/c1-5(2)3-7(8,9)4-6(10)11/h1,3-4H2,2H3,(H,10,11). The maximum Gasteiger partial charge on any atom is 0.306 e. The van der Waals surface area contributed by atoms with E-state index >= 15 is 0 Å². The second kappa shape index (κ2) is 3.98. The molecule has 0 heterocycles. The van der Waals surface area contributed by atoms with Gasteiger partial charge >= 0.3 is 5.97 Å². The molecule has 11 heavy (non-hydrogen) atoms. The van der Waals surface area contributed by atoms with Gasteiger partial charge in [0.15, 0.2) is 0 Å². The van der Waals surface area contributed by atoms with Gasteiger partial charge in [-0.2, -0.15) is 0 Å². The summed E-state index contributed by atoms with van der Waals surface area (Å²) in [5, 5.41) is 8.36. The molecule has 0 spiro atoms. The lowest BCUT2D eigenvalue weighted by Gasteiger charge is -2.16. The van der Waals surface area contributed by atoms with Crippen molar-refractivity contribution >= 4 is 29.2 Å². The van der Waals surface area contributed by atoms with Gasteiger partial charge in [-0.1, -0.05) is 5.57 Å². The van der Waals surface area contributed by atoms with Crippen molar-refractivity contribution in [3.8, 4) is 0 Å². The first-order valence-corrected chi connectivity index (χ1v) is 3.83. The third kappa shape index (κ3) is 6.20. The summed E-state index contributed by atoms with van der Waals surface area (Å²) in [6.07, 6.45) is 0.0470. The van der Waals surface area contributed by atoms with E-state index in [1.165, 1.54) is 0 Å². The van der Waals surface area contributed by atoms with Crippen molar-refractivity contribution in [2.24, 2.45) is 0 Å². The number of hydrogen-bond donors (Lipinski definition) is 1. The van der Waals surface area contributed by atoms with Gasteiger partial charge < -0.3 is 5.11 Å². The lowest BCUT2D eigenvalue weighted by atomic mass is 10.1. The van der Waals surface area contributed by atoms with Gasteiger partial charge in [0, 0.05) is 6.42 Å². The molecule has 1 N–H and O–H groups in total. The summed E-state index contributed by atoms with van der Waals surface area (Å²) in [4.78, 5) is 10.2. The third-order valence-corrected chi connectivity index (χ3v) is 1.50. The smallest absolute Gasteiger partial charge is 0.306 e. The van der Waals surface area contributed by atoms with Crippen molar-refractivity contribution < 1.29 is 9.90 Å². The summed E-state index contributed by atoms with van der Waals surface area (Å²) >= 11 is 11.3. The number of halogens is 2. The maximum atomic E-state index is 10.2. The van der Waals surface area contributed by atoms with Gasteiger partial charge in [0.1, 0.15) is 4.33 Å². The van der Waals surface area contributed by atoms with Gasteiger partial charge in [-0.25, -0.2) is 0 Å². The molecule has 0 aromatic rings. The molecule has 0 unspecified atom stereocenters. The average Bonchev–Trinajstić information content (AvgIpc) is 1.53. The van der Waals surface area contributed by atoms with E-state index in [4.69, 9.17) is 28.3 Å². The van der Waals surface area contributed by atoms with Crippen molar-refractivity contribution in [3.63, 3.8) is 0 Å². The van der Waals surface area contributed by atoms with Crippen molar-refractivity contribution in [1.82, 2.24) is 0 Å². The van der Waals surface area contributed by atoms with Crippen LogP contribution in [0.1, 0.15) is 19.8 Å². The number of carboxylic acids is 1. The van der Waals surface area contributed by atoms with Crippen molar-refractivity contribution in [2.45, 2.75) is 24.1 Å². The minimum Gasteiger partial charge on any atom is -0.481 e. The molecule has 4 heteroatoms. The Labute approximate surface area is 75.8 Å². The zero-order chi connectivity index (χ0) is 9.07. The van der Waals surface area contributed by atoms with Gasteiger partial charge in [-0.15, -0.1) is 29.8 Å². The first kappa shape index (κ1) is 10.8. The molecule has 0 aliphatic carbocycles. The monoisotopic (exact) mass is 196 g/mol. The number of carboxylic acid groups (broad SMARTS) is 1. The minimum absolute atomic E-state index is 0.261. The summed E-state index contributed by atoms with van der Waals surface area (Å²) in [5.41, 5.74) is 0.774. The van der Waals surface area contributed by atoms with Crippen molar-refractivity contribution in [3.05, 3.63) is 12.2 Å². The van der Waals surface area contributed by atoms with Crippen LogP contribution in [0.25, 0.3) is 0 Å². The SMILES string of the molecule is C=C(C)CC(Cl)(Cl)CC(=O)O. The first-order valence-electron chi connectivity index (χ1n) is 3.07. The highest BCUT2D eigenvalue weighted by molar-refractivity contribution is 6.49. The Morgan fingerprint density at radius 2 is 2.00 bits per heavy atom. The molecule has 0 saturated heterocycles. The van der Waals surface area contributed by atoms with Crippen LogP contribution in [-0.4, -0.2) is 15.4 Å². The molecule has 0 bridgehead atoms. The van der Waals surface area contributed by atoms with Crippen LogP contribution in [0, 0.1) is 0 Å². The number of aliphatic carboxylic acids is 1. The van der Waals surface area contributed by atoms with Crippen LogP contribution in [0.3, 0.4) is 0 Å². The molecule has 0 aliphatic heterocycles. The Hall–Kier alpha value is -0.210. The topological polar surface area (TPSA) is 37.3 Å². The Morgan fingerprint density at radius 3 is 2.27 bits per heavy atom. The Bertz CT molecular complexity index is 157. The minimum atomic E-state index is -1.21. The van der Waals surface area contributed by atoms with E-state index in [9.17, 15) is 4.79 Å². The molecule has 0 radical (unpaired) electrons. The van der Waals surface area contributed by atoms with E-state index in [0.717, 1.165) is 5.57 Å². The molecule has 0 aromatic carbocycles. The van der Waals surface area contributed by atoms with Gasteiger partial charge in [0.2, 0.25) is 0 Å². The second-order valence-corrected chi connectivity index (χ2v) is 4.20. The van der Waals surface area contributed by atoms with E-state index in [2.05, 4.69) is 6.58 Å². The zero-order valence-corrected chi connectivity index (χ0v) is 7.74. The Kier molecular flexibility index (Phi) is 3.90. The molecule has 2 nitrogen and oxygen atoms in total. The number of hydrogen-bond acceptors (Lipinski definition) is 1. The van der Waals surface area contributed by atoms with Crippen LogP contribution in [0.4, 0.5) is 0 Å². The predicted molar refractivity (Wildman–Crippen MR) is 46.1 cm³/mol. The highest BCUT2D eigenvalue weighted by atomic mass is 35.5. The molecule has 0 saturated carbocycles. The zero-order valence-electron chi connectivity index (χ0n) is 6.23. The van der Waals surface area contributed by atoms with Crippen molar-refractivity contribution in [1.29, 1.82) is 0 Å². The lowest BCUT2D eigenvalue weighted by molar-refractivity contribution is -0.137. The molecular weight excluding hydrogens is 187 g/mol. The Morgan fingerprint density at radius 1 is 1.55 bits per heavy atom. The van der Waals surface area contributed by atoms with Gasteiger partial charge in [-0.05, 0) is 6.92 Å². The molecule has 0 fully saturated rings. The van der Waals surface area contributed by atoms with Gasteiger partial charge in [-0.3, -0.25) is 4.79 Å². The fourth-order valence-electron chi connectivity index (χ4n) is 0.725. The van der Waals surface area contributed by atoms with Crippen LogP contribution >= 0.6 is 23.2 Å². The summed E-state index contributed by atoms with van der Waals surface area (Å²) in [5.74, 6) is -1.00.